The minimum absolute atomic E-state index is 0.00456. The molecule has 25 heavy (non-hydrogen) atoms. The second-order valence-corrected chi connectivity index (χ2v) is 7.64. The maximum atomic E-state index is 12.7. The average molecular weight is 381 g/mol. The van der Waals surface area contributed by atoms with E-state index in [0.717, 1.165) is 11.8 Å². The van der Waals surface area contributed by atoms with Crippen LogP contribution < -0.4 is 4.74 Å². The van der Waals surface area contributed by atoms with E-state index in [-0.39, 0.29) is 21.7 Å². The summed E-state index contributed by atoms with van der Waals surface area (Å²) in [6.45, 7) is 3.79. The van der Waals surface area contributed by atoms with Gasteiger partial charge in [0.25, 0.3) is 5.91 Å². The summed E-state index contributed by atoms with van der Waals surface area (Å²) < 4.78 is 5.28. The number of carboxylic acid groups (broad SMARTS) is 1. The summed E-state index contributed by atoms with van der Waals surface area (Å²) >= 11 is 6.30. The monoisotopic (exact) mass is 381 g/mol. The van der Waals surface area contributed by atoms with Crippen LogP contribution >= 0.6 is 24.0 Å². The number of phenolic OH excluding ortho intramolecular Hbond substituents is 1. The largest absolute Gasteiger partial charge is 0.504 e. The molecule has 0 bridgehead atoms. The Balaban J connectivity index is 2.32. The van der Waals surface area contributed by atoms with Crippen LogP contribution in [0.25, 0.3) is 6.08 Å². The molecule has 2 N–H and O–H groups in total. The van der Waals surface area contributed by atoms with Crippen LogP contribution in [0.2, 0.25) is 0 Å². The summed E-state index contributed by atoms with van der Waals surface area (Å²) in [7, 11) is 1.43. The fourth-order valence-electron chi connectivity index (χ4n) is 2.45. The first-order valence-corrected chi connectivity index (χ1v) is 8.84. The van der Waals surface area contributed by atoms with Gasteiger partial charge in [-0.1, -0.05) is 43.9 Å². The maximum Gasteiger partial charge on any atom is 0.326 e. The molecule has 6 nitrogen and oxygen atoms in total. The fraction of sp³-hybridized carbons (Fsp3) is 0.353. The molecule has 0 aliphatic carbocycles. The molecule has 0 unspecified atom stereocenters. The van der Waals surface area contributed by atoms with E-state index in [4.69, 9.17) is 17.0 Å². The number of benzene rings is 1. The maximum absolute atomic E-state index is 12.7. The van der Waals surface area contributed by atoms with Crippen molar-refractivity contribution < 1.29 is 24.5 Å². The Bertz CT molecular complexity index is 745. The molecule has 1 aromatic rings. The standard InChI is InChI=1S/C17H19NO5S2/c1-9(2)6-11(16(21)22)18-15(20)14(25-17(18)24)8-10-4-5-12(19)13(7-10)23-3/h4-5,7-9,11,19H,6H2,1-3H3,(H,21,22)/b14-8-/t11-/m1/s1. The number of carboxylic acids is 1. The molecule has 1 atom stereocenters. The van der Waals surface area contributed by atoms with Crippen LogP contribution in [0.4, 0.5) is 0 Å². The highest BCUT2D eigenvalue weighted by atomic mass is 32.2. The highest BCUT2D eigenvalue weighted by molar-refractivity contribution is 8.26. The summed E-state index contributed by atoms with van der Waals surface area (Å²) in [5, 5.41) is 19.1. The lowest BCUT2D eigenvalue weighted by atomic mass is 10.0. The Labute approximate surface area is 155 Å². The third-order valence-corrected chi connectivity index (χ3v) is 4.95. The molecule has 134 valence electrons. The molecule has 1 aromatic carbocycles. The summed E-state index contributed by atoms with van der Waals surface area (Å²) in [6.07, 6.45) is 1.93. The Morgan fingerprint density at radius 3 is 2.68 bits per heavy atom. The molecule has 1 aliphatic heterocycles. The highest BCUT2D eigenvalue weighted by Crippen LogP contribution is 2.36. The van der Waals surface area contributed by atoms with Crippen LogP contribution in [0.3, 0.4) is 0 Å². The van der Waals surface area contributed by atoms with Gasteiger partial charge in [-0.2, -0.15) is 0 Å². The normalized spacial score (nSPS) is 17.4. The number of carbonyl (C=O) groups is 2. The number of hydrogen-bond donors (Lipinski definition) is 2. The number of rotatable bonds is 6. The first-order chi connectivity index (χ1) is 11.7. The van der Waals surface area contributed by atoms with Gasteiger partial charge in [0, 0.05) is 0 Å². The summed E-state index contributed by atoms with van der Waals surface area (Å²) in [4.78, 5) is 25.8. The van der Waals surface area contributed by atoms with Gasteiger partial charge in [-0.05, 0) is 36.1 Å². The van der Waals surface area contributed by atoms with E-state index in [1.165, 1.54) is 18.1 Å². The molecular weight excluding hydrogens is 362 g/mol. The number of nitrogens with zero attached hydrogens (tertiary/aromatic N) is 1. The number of thiocarbonyl (C=S) groups is 1. The van der Waals surface area contributed by atoms with E-state index in [2.05, 4.69) is 0 Å². The Kier molecular flexibility index (Phi) is 6.07. The molecule has 8 heteroatoms. The van der Waals surface area contributed by atoms with Crippen molar-refractivity contribution in [2.75, 3.05) is 7.11 Å². The molecule has 1 saturated heterocycles. The number of thioether (sulfide) groups is 1. The zero-order valence-corrected chi connectivity index (χ0v) is 15.7. The zero-order chi connectivity index (χ0) is 18.7. The van der Waals surface area contributed by atoms with Gasteiger partial charge in [-0.3, -0.25) is 9.69 Å². The number of phenols is 1. The number of aromatic hydroxyl groups is 1. The molecule has 2 rings (SSSR count). The molecule has 1 amide bonds. The van der Waals surface area contributed by atoms with E-state index in [1.54, 1.807) is 18.2 Å². The van der Waals surface area contributed by atoms with Crippen LogP contribution in [-0.4, -0.2) is 44.5 Å². The lowest BCUT2D eigenvalue weighted by Crippen LogP contribution is -2.44. The number of hydrogen-bond acceptors (Lipinski definition) is 6. The Morgan fingerprint density at radius 1 is 1.44 bits per heavy atom. The fourth-order valence-corrected chi connectivity index (χ4v) is 3.80. The lowest BCUT2D eigenvalue weighted by Gasteiger charge is -2.24. The van der Waals surface area contributed by atoms with Crippen LogP contribution in [0, 0.1) is 5.92 Å². The SMILES string of the molecule is COc1cc(/C=C2\SC(=S)N([C@H](CC(C)C)C(=O)O)C2=O)ccc1O. The van der Waals surface area contributed by atoms with Crippen molar-refractivity contribution in [2.45, 2.75) is 26.3 Å². The topological polar surface area (TPSA) is 87.1 Å². The minimum atomic E-state index is -1.07. The summed E-state index contributed by atoms with van der Waals surface area (Å²) in [5.74, 6) is -1.11. The first-order valence-electron chi connectivity index (χ1n) is 7.61. The summed E-state index contributed by atoms with van der Waals surface area (Å²) in [5.41, 5.74) is 0.644. The van der Waals surface area contributed by atoms with E-state index in [9.17, 15) is 19.8 Å². The van der Waals surface area contributed by atoms with E-state index >= 15 is 0 Å². The molecular formula is C17H19NO5S2. The molecule has 1 aliphatic rings. The van der Waals surface area contributed by atoms with Gasteiger partial charge >= 0.3 is 5.97 Å². The van der Waals surface area contributed by atoms with Gasteiger partial charge in [-0.15, -0.1) is 0 Å². The number of aliphatic carboxylic acids is 1. The summed E-state index contributed by atoms with van der Waals surface area (Å²) in [6, 6.07) is 3.70. The van der Waals surface area contributed by atoms with Crippen molar-refractivity contribution in [3.63, 3.8) is 0 Å². The second kappa shape index (κ2) is 7.88. The van der Waals surface area contributed by atoms with Crippen LogP contribution in [0.5, 0.6) is 11.5 Å². The Morgan fingerprint density at radius 2 is 2.12 bits per heavy atom. The van der Waals surface area contributed by atoms with Gasteiger partial charge < -0.3 is 14.9 Å². The highest BCUT2D eigenvalue weighted by Gasteiger charge is 2.40. The van der Waals surface area contributed by atoms with E-state index < -0.39 is 17.9 Å². The second-order valence-electron chi connectivity index (χ2n) is 5.97. The van der Waals surface area contributed by atoms with Crippen molar-refractivity contribution in [3.05, 3.63) is 28.7 Å². The van der Waals surface area contributed by atoms with E-state index in [0.29, 0.717) is 16.9 Å². The van der Waals surface area contributed by atoms with Gasteiger partial charge in [0.1, 0.15) is 10.4 Å². The minimum Gasteiger partial charge on any atom is -0.504 e. The van der Waals surface area contributed by atoms with E-state index in [1.807, 2.05) is 13.8 Å². The third-order valence-electron chi connectivity index (χ3n) is 3.62. The predicted molar refractivity (Wildman–Crippen MR) is 101 cm³/mol. The number of amides is 1. The zero-order valence-electron chi connectivity index (χ0n) is 14.1. The van der Waals surface area contributed by atoms with Gasteiger partial charge in [0.2, 0.25) is 0 Å². The Hall–Kier alpha value is -2.06. The number of ether oxygens (including phenoxy) is 1. The molecule has 0 aromatic heterocycles. The molecule has 0 spiro atoms. The van der Waals surface area contributed by atoms with Crippen molar-refractivity contribution in [1.29, 1.82) is 0 Å². The van der Waals surface area contributed by atoms with Crippen molar-refractivity contribution in [1.82, 2.24) is 4.90 Å². The smallest absolute Gasteiger partial charge is 0.326 e. The third kappa shape index (κ3) is 4.32. The molecule has 0 saturated carbocycles. The average Bonchev–Trinajstić information content (AvgIpc) is 2.80. The van der Waals surface area contributed by atoms with Crippen LogP contribution in [-0.2, 0) is 9.59 Å². The number of carbonyl (C=O) groups excluding carboxylic acids is 1. The number of methoxy groups -OCH3 is 1. The lowest BCUT2D eigenvalue weighted by molar-refractivity contribution is -0.145. The quantitative estimate of drug-likeness (QED) is 0.578. The van der Waals surface area contributed by atoms with Crippen LogP contribution in [0.1, 0.15) is 25.8 Å². The van der Waals surface area contributed by atoms with Crippen LogP contribution in [0.15, 0.2) is 23.1 Å². The van der Waals surface area contributed by atoms with Gasteiger partial charge in [-0.25, -0.2) is 4.79 Å². The first kappa shape index (κ1) is 19.3. The van der Waals surface area contributed by atoms with Gasteiger partial charge in [0.05, 0.1) is 12.0 Å². The predicted octanol–water partition coefficient (Wildman–Crippen LogP) is 3.10. The van der Waals surface area contributed by atoms with Crippen molar-refractivity contribution in [2.24, 2.45) is 5.92 Å². The molecule has 0 radical (unpaired) electrons. The van der Waals surface area contributed by atoms with Crippen molar-refractivity contribution >= 4 is 46.3 Å². The van der Waals surface area contributed by atoms with Gasteiger partial charge in [0.15, 0.2) is 11.5 Å². The van der Waals surface area contributed by atoms with Crippen molar-refractivity contribution in [3.8, 4) is 11.5 Å². The molecule has 1 heterocycles. The molecule has 1 fully saturated rings.